The first-order valence-corrected chi connectivity index (χ1v) is 9.46. The molecule has 2 aromatic heterocycles. The van der Waals surface area contributed by atoms with Crippen LogP contribution in [0.5, 0.6) is 0 Å². The van der Waals surface area contributed by atoms with Crippen LogP contribution < -0.4 is 10.6 Å². The van der Waals surface area contributed by atoms with Crippen LogP contribution in [0.25, 0.3) is 10.9 Å². The van der Waals surface area contributed by atoms with Crippen molar-refractivity contribution < 1.29 is 9.18 Å². The van der Waals surface area contributed by atoms with Gasteiger partial charge in [-0.2, -0.15) is 0 Å². The Morgan fingerprint density at radius 1 is 1.03 bits per heavy atom. The van der Waals surface area contributed by atoms with Gasteiger partial charge in [0.1, 0.15) is 11.6 Å². The second-order valence-corrected chi connectivity index (χ2v) is 6.82. The average Bonchev–Trinajstić information content (AvgIpc) is 3.14. The molecule has 0 aliphatic rings. The molecule has 146 valence electrons. The summed E-state index contributed by atoms with van der Waals surface area (Å²) in [6, 6.07) is 17.8. The van der Waals surface area contributed by atoms with E-state index in [1.54, 1.807) is 24.4 Å². The third-order valence-corrected chi connectivity index (χ3v) is 4.71. The molecule has 0 fully saturated rings. The highest BCUT2D eigenvalue weighted by Crippen LogP contribution is 2.18. The van der Waals surface area contributed by atoms with Gasteiger partial charge in [-0.1, -0.05) is 30.3 Å². The van der Waals surface area contributed by atoms with Crippen LogP contribution in [0, 0.1) is 5.82 Å². The molecule has 0 saturated heterocycles. The number of nitrogens with zero attached hydrogens (tertiary/aromatic N) is 1. The summed E-state index contributed by atoms with van der Waals surface area (Å²) in [5.41, 5.74) is 4.05. The molecule has 0 atom stereocenters. The minimum Gasteiger partial charge on any atom is -0.383 e. The number of carbonyl (C=O) groups excluding carboxylic acids is 1. The van der Waals surface area contributed by atoms with Gasteiger partial charge >= 0.3 is 0 Å². The molecule has 4 aromatic rings. The van der Waals surface area contributed by atoms with Crippen molar-refractivity contribution in [2.24, 2.45) is 0 Å². The number of nitrogens with one attached hydrogen (secondary N) is 3. The molecule has 3 N–H and O–H groups in total. The Kier molecular flexibility index (Phi) is 5.52. The van der Waals surface area contributed by atoms with Gasteiger partial charge in [0.2, 0.25) is 5.91 Å². The molecule has 1 amide bonds. The lowest BCUT2D eigenvalue weighted by molar-refractivity contribution is -0.115. The number of anilines is 2. The molecule has 6 heteroatoms. The Labute approximate surface area is 168 Å². The highest BCUT2D eigenvalue weighted by molar-refractivity contribution is 5.91. The standard InChI is InChI=1S/C23H21FN4O/c24-18-7-5-16(6-8-18)13-23(29)28-22-10-9-19(15-27-22)25-12-11-17-14-26-21-4-2-1-3-20(17)21/h1-10,14-15,25-26H,11-13H2,(H,27,28,29). The van der Waals surface area contributed by atoms with Crippen molar-refractivity contribution >= 4 is 28.3 Å². The van der Waals surface area contributed by atoms with Crippen LogP contribution in [0.1, 0.15) is 11.1 Å². The van der Waals surface area contributed by atoms with E-state index in [0.29, 0.717) is 5.82 Å². The number of aromatic amines is 1. The zero-order chi connectivity index (χ0) is 20.1. The lowest BCUT2D eigenvalue weighted by Crippen LogP contribution is -2.15. The van der Waals surface area contributed by atoms with Gasteiger partial charge in [0.15, 0.2) is 0 Å². The molecule has 5 nitrogen and oxygen atoms in total. The van der Waals surface area contributed by atoms with E-state index in [9.17, 15) is 9.18 Å². The molecule has 0 spiro atoms. The van der Waals surface area contributed by atoms with E-state index in [-0.39, 0.29) is 18.1 Å². The second kappa shape index (κ2) is 8.56. The first-order valence-electron chi connectivity index (χ1n) is 9.46. The lowest BCUT2D eigenvalue weighted by atomic mass is 10.1. The van der Waals surface area contributed by atoms with Crippen LogP contribution in [-0.4, -0.2) is 22.4 Å². The highest BCUT2D eigenvalue weighted by Gasteiger charge is 2.06. The SMILES string of the molecule is O=C(Cc1ccc(F)cc1)Nc1ccc(NCCc2c[nH]c3ccccc23)cn1. The molecule has 0 aliphatic heterocycles. The zero-order valence-electron chi connectivity index (χ0n) is 15.8. The molecule has 0 unspecified atom stereocenters. The fraction of sp³-hybridized carbons (Fsp3) is 0.130. The number of H-pyrrole nitrogens is 1. The van der Waals surface area contributed by atoms with E-state index < -0.39 is 0 Å². The van der Waals surface area contributed by atoms with Crippen LogP contribution in [0.15, 0.2) is 73.1 Å². The van der Waals surface area contributed by atoms with Crippen molar-refractivity contribution in [3.63, 3.8) is 0 Å². The fourth-order valence-corrected chi connectivity index (χ4v) is 3.23. The third-order valence-electron chi connectivity index (χ3n) is 4.71. The highest BCUT2D eigenvalue weighted by atomic mass is 19.1. The monoisotopic (exact) mass is 388 g/mol. The Morgan fingerprint density at radius 3 is 2.66 bits per heavy atom. The molecule has 0 bridgehead atoms. The van der Waals surface area contributed by atoms with E-state index in [1.165, 1.54) is 23.1 Å². The Bertz CT molecular complexity index is 1100. The number of carbonyl (C=O) groups is 1. The first-order chi connectivity index (χ1) is 14.2. The number of amides is 1. The van der Waals surface area contributed by atoms with Crippen molar-refractivity contribution in [1.29, 1.82) is 0 Å². The van der Waals surface area contributed by atoms with Gasteiger partial charge in [-0.3, -0.25) is 4.79 Å². The maximum absolute atomic E-state index is 12.9. The Balaban J connectivity index is 1.27. The maximum Gasteiger partial charge on any atom is 0.229 e. The third kappa shape index (κ3) is 4.79. The van der Waals surface area contributed by atoms with Gasteiger partial charge < -0.3 is 15.6 Å². The van der Waals surface area contributed by atoms with Crippen molar-refractivity contribution in [2.75, 3.05) is 17.2 Å². The zero-order valence-corrected chi connectivity index (χ0v) is 15.8. The molecule has 2 heterocycles. The summed E-state index contributed by atoms with van der Waals surface area (Å²) in [6.45, 7) is 0.778. The molecular formula is C23H21FN4O. The van der Waals surface area contributed by atoms with Crippen LogP contribution in [0.2, 0.25) is 0 Å². The van der Waals surface area contributed by atoms with Crippen LogP contribution in [0.3, 0.4) is 0 Å². The van der Waals surface area contributed by atoms with Gasteiger partial charge in [0, 0.05) is 23.6 Å². The molecule has 0 saturated carbocycles. The molecule has 4 rings (SSSR count). The number of para-hydroxylation sites is 1. The summed E-state index contributed by atoms with van der Waals surface area (Å²) in [5.74, 6) is -0.0212. The molecule has 0 radical (unpaired) electrons. The number of fused-ring (bicyclic) bond motifs is 1. The van der Waals surface area contributed by atoms with Crippen LogP contribution in [-0.2, 0) is 17.6 Å². The van der Waals surface area contributed by atoms with Crippen LogP contribution >= 0.6 is 0 Å². The van der Waals surface area contributed by atoms with E-state index in [1.807, 2.05) is 24.4 Å². The minimum atomic E-state index is -0.316. The van der Waals surface area contributed by atoms with Gasteiger partial charge in [-0.15, -0.1) is 0 Å². The Morgan fingerprint density at radius 2 is 1.86 bits per heavy atom. The Hall–Kier alpha value is -3.67. The number of benzene rings is 2. The van der Waals surface area contributed by atoms with Crippen molar-refractivity contribution in [3.8, 4) is 0 Å². The second-order valence-electron chi connectivity index (χ2n) is 6.82. The van der Waals surface area contributed by atoms with E-state index in [2.05, 4.69) is 32.7 Å². The van der Waals surface area contributed by atoms with Gasteiger partial charge in [0.05, 0.1) is 18.3 Å². The van der Waals surface area contributed by atoms with Crippen molar-refractivity contribution in [3.05, 3.63) is 90.0 Å². The van der Waals surface area contributed by atoms with Crippen LogP contribution in [0.4, 0.5) is 15.9 Å². The van der Waals surface area contributed by atoms with Crippen molar-refractivity contribution in [1.82, 2.24) is 9.97 Å². The summed E-state index contributed by atoms with van der Waals surface area (Å²) >= 11 is 0. The number of pyridine rings is 1. The number of hydrogen-bond donors (Lipinski definition) is 3. The summed E-state index contributed by atoms with van der Waals surface area (Å²) in [5, 5.41) is 7.35. The molecule has 0 aliphatic carbocycles. The molecular weight excluding hydrogens is 367 g/mol. The minimum absolute atomic E-state index is 0.173. The summed E-state index contributed by atoms with van der Waals surface area (Å²) in [7, 11) is 0. The summed E-state index contributed by atoms with van der Waals surface area (Å²) in [6.07, 6.45) is 4.81. The average molecular weight is 388 g/mol. The van der Waals surface area contributed by atoms with E-state index in [0.717, 1.165) is 29.7 Å². The molecule has 29 heavy (non-hydrogen) atoms. The number of hydrogen-bond acceptors (Lipinski definition) is 3. The van der Waals surface area contributed by atoms with Gasteiger partial charge in [-0.05, 0) is 47.9 Å². The number of aromatic nitrogens is 2. The summed E-state index contributed by atoms with van der Waals surface area (Å²) < 4.78 is 12.9. The van der Waals surface area contributed by atoms with Gasteiger partial charge in [0.25, 0.3) is 0 Å². The molecule has 2 aromatic carbocycles. The predicted molar refractivity (Wildman–Crippen MR) is 113 cm³/mol. The number of rotatable bonds is 7. The lowest BCUT2D eigenvalue weighted by Gasteiger charge is -2.08. The normalized spacial score (nSPS) is 10.8. The van der Waals surface area contributed by atoms with E-state index in [4.69, 9.17) is 0 Å². The first kappa shape index (κ1) is 18.7. The maximum atomic E-state index is 12.9. The quantitative estimate of drug-likeness (QED) is 0.435. The summed E-state index contributed by atoms with van der Waals surface area (Å²) in [4.78, 5) is 19.7. The number of halogens is 1. The smallest absolute Gasteiger partial charge is 0.229 e. The predicted octanol–water partition coefficient (Wildman–Crippen LogP) is 4.54. The van der Waals surface area contributed by atoms with Gasteiger partial charge in [-0.25, -0.2) is 9.37 Å². The van der Waals surface area contributed by atoms with Crippen molar-refractivity contribution in [2.45, 2.75) is 12.8 Å². The largest absolute Gasteiger partial charge is 0.383 e. The topological polar surface area (TPSA) is 69.8 Å². The fourth-order valence-electron chi connectivity index (χ4n) is 3.23. The van der Waals surface area contributed by atoms with E-state index >= 15 is 0 Å².